The molecule has 7 heteroatoms. The van der Waals surface area contributed by atoms with Crippen LogP contribution in [0.3, 0.4) is 0 Å². The summed E-state index contributed by atoms with van der Waals surface area (Å²) in [7, 11) is 0. The molecule has 23 heavy (non-hydrogen) atoms. The molecule has 0 aromatic heterocycles. The number of fused-ring (bicyclic) bond motifs is 5. The quantitative estimate of drug-likeness (QED) is 0.725. The standard InChI is InChI=1S/C16H13ClF3NO2/c17-10-4-3-9(16(18,19)20)6-11(10)21-14(22)12-7-1-2-8(5-7)13(12)15(21)23/h3-4,6-8,12-13H,1-2,5H2/t7-,8-,12-,13-/m0/s1. The number of rotatable bonds is 1. The highest BCUT2D eigenvalue weighted by Gasteiger charge is 2.61. The van der Waals surface area contributed by atoms with Crippen LogP contribution in [0.2, 0.25) is 5.02 Å². The maximum atomic E-state index is 12.9. The van der Waals surface area contributed by atoms with Crippen molar-refractivity contribution in [3.8, 4) is 0 Å². The summed E-state index contributed by atoms with van der Waals surface area (Å²) in [6.45, 7) is 0. The Labute approximate surface area is 135 Å². The third kappa shape index (κ3) is 2.04. The molecule has 1 saturated heterocycles. The van der Waals surface area contributed by atoms with Crippen molar-refractivity contribution in [3.05, 3.63) is 28.8 Å². The second-order valence-corrected chi connectivity index (χ2v) is 6.97. The van der Waals surface area contributed by atoms with Crippen LogP contribution in [0.5, 0.6) is 0 Å². The highest BCUT2D eigenvalue weighted by atomic mass is 35.5. The van der Waals surface area contributed by atoms with Gasteiger partial charge in [0, 0.05) is 0 Å². The van der Waals surface area contributed by atoms with Crippen molar-refractivity contribution >= 4 is 29.1 Å². The summed E-state index contributed by atoms with van der Waals surface area (Å²) in [6, 6.07) is 2.73. The van der Waals surface area contributed by atoms with E-state index in [1.54, 1.807) is 0 Å². The smallest absolute Gasteiger partial charge is 0.274 e. The average Bonchev–Trinajstić information content (AvgIpc) is 3.13. The minimum atomic E-state index is -4.56. The van der Waals surface area contributed by atoms with Gasteiger partial charge in [0.1, 0.15) is 0 Å². The first-order chi connectivity index (χ1) is 10.8. The summed E-state index contributed by atoms with van der Waals surface area (Å²) in [5.74, 6) is -1.20. The summed E-state index contributed by atoms with van der Waals surface area (Å²) in [5.41, 5.74) is -1.07. The number of hydrogen-bond acceptors (Lipinski definition) is 2. The van der Waals surface area contributed by atoms with Crippen molar-refractivity contribution in [2.24, 2.45) is 23.7 Å². The fourth-order valence-electron chi connectivity index (χ4n) is 4.51. The molecule has 1 aromatic rings. The third-order valence-electron chi connectivity index (χ3n) is 5.44. The van der Waals surface area contributed by atoms with E-state index in [1.165, 1.54) is 0 Å². The van der Waals surface area contributed by atoms with E-state index in [-0.39, 0.29) is 34.4 Å². The van der Waals surface area contributed by atoms with Crippen LogP contribution in [0.15, 0.2) is 18.2 Å². The lowest BCUT2D eigenvalue weighted by molar-refractivity contribution is -0.137. The molecule has 1 aromatic carbocycles. The van der Waals surface area contributed by atoms with Gasteiger partial charge in [-0.25, -0.2) is 4.90 Å². The normalized spacial score (nSPS) is 32.8. The zero-order valence-electron chi connectivity index (χ0n) is 11.9. The monoisotopic (exact) mass is 343 g/mol. The van der Waals surface area contributed by atoms with Gasteiger partial charge >= 0.3 is 6.18 Å². The number of amides is 2. The lowest BCUT2D eigenvalue weighted by Gasteiger charge is -2.20. The van der Waals surface area contributed by atoms with Gasteiger partial charge in [0.15, 0.2) is 0 Å². The zero-order valence-corrected chi connectivity index (χ0v) is 12.7. The van der Waals surface area contributed by atoms with Gasteiger partial charge in [-0.3, -0.25) is 9.59 Å². The maximum absolute atomic E-state index is 12.9. The van der Waals surface area contributed by atoms with Crippen LogP contribution in [-0.4, -0.2) is 11.8 Å². The van der Waals surface area contributed by atoms with Crippen molar-refractivity contribution in [1.82, 2.24) is 0 Å². The maximum Gasteiger partial charge on any atom is 0.416 e. The SMILES string of the molecule is O=C1[C@H]2[C@H]3CC[C@@H](C3)[C@@H]2C(=O)N1c1cc(C(F)(F)F)ccc1Cl. The molecule has 2 aliphatic carbocycles. The first-order valence-electron chi connectivity index (χ1n) is 7.53. The van der Waals surface area contributed by atoms with Gasteiger partial charge in [-0.2, -0.15) is 13.2 Å². The fourth-order valence-corrected chi connectivity index (χ4v) is 4.71. The van der Waals surface area contributed by atoms with Gasteiger partial charge in [0.05, 0.1) is 28.1 Å². The van der Waals surface area contributed by atoms with Crippen LogP contribution < -0.4 is 4.90 Å². The molecule has 0 N–H and O–H groups in total. The average molecular weight is 344 g/mol. The van der Waals surface area contributed by atoms with E-state index in [2.05, 4.69) is 0 Å². The Morgan fingerprint density at radius 1 is 1.04 bits per heavy atom. The van der Waals surface area contributed by atoms with E-state index in [0.717, 1.165) is 42.4 Å². The van der Waals surface area contributed by atoms with E-state index in [9.17, 15) is 22.8 Å². The van der Waals surface area contributed by atoms with Gasteiger partial charge in [-0.1, -0.05) is 11.6 Å². The molecule has 2 amide bonds. The number of hydrogen-bond donors (Lipinski definition) is 0. The van der Waals surface area contributed by atoms with Crippen molar-refractivity contribution in [2.45, 2.75) is 25.4 Å². The number of alkyl halides is 3. The molecule has 3 aliphatic rings. The number of carbonyl (C=O) groups excluding carboxylic acids is 2. The first-order valence-corrected chi connectivity index (χ1v) is 7.91. The van der Waals surface area contributed by atoms with Crippen molar-refractivity contribution in [2.75, 3.05) is 4.90 Å². The van der Waals surface area contributed by atoms with E-state index in [4.69, 9.17) is 11.6 Å². The molecular weight excluding hydrogens is 331 g/mol. The minimum absolute atomic E-state index is 0.0213. The minimum Gasteiger partial charge on any atom is -0.274 e. The van der Waals surface area contributed by atoms with Gasteiger partial charge in [0.2, 0.25) is 11.8 Å². The molecule has 2 saturated carbocycles. The zero-order chi connectivity index (χ0) is 16.5. The summed E-state index contributed by atoms with van der Waals surface area (Å²) in [4.78, 5) is 26.2. The first kappa shape index (κ1) is 15.0. The van der Waals surface area contributed by atoms with Crippen LogP contribution in [0.4, 0.5) is 18.9 Å². The van der Waals surface area contributed by atoms with E-state index < -0.39 is 23.6 Å². The molecule has 122 valence electrons. The predicted octanol–water partition coefficient (Wildman–Crippen LogP) is 3.89. The van der Waals surface area contributed by atoms with Crippen molar-refractivity contribution in [3.63, 3.8) is 0 Å². The molecule has 4 atom stereocenters. The van der Waals surface area contributed by atoms with Crippen LogP contribution in [0, 0.1) is 23.7 Å². The fraction of sp³-hybridized carbons (Fsp3) is 0.500. The number of benzene rings is 1. The Bertz CT molecular complexity index is 690. The summed E-state index contributed by atoms with van der Waals surface area (Å²) >= 11 is 5.99. The summed E-state index contributed by atoms with van der Waals surface area (Å²) in [5, 5.41) is -0.0213. The topological polar surface area (TPSA) is 37.4 Å². The van der Waals surface area contributed by atoms with Crippen LogP contribution in [0.25, 0.3) is 0 Å². The number of imide groups is 1. The molecule has 1 heterocycles. The molecule has 1 aliphatic heterocycles. The number of nitrogens with zero attached hydrogens (tertiary/aromatic N) is 1. The van der Waals surface area contributed by atoms with Crippen molar-refractivity contribution < 1.29 is 22.8 Å². The third-order valence-corrected chi connectivity index (χ3v) is 5.76. The Morgan fingerprint density at radius 2 is 1.61 bits per heavy atom. The number of halogens is 4. The second kappa shape index (κ2) is 4.72. The summed E-state index contributed by atoms with van der Waals surface area (Å²) < 4.78 is 38.7. The Balaban J connectivity index is 1.77. The van der Waals surface area contributed by atoms with Crippen molar-refractivity contribution in [1.29, 1.82) is 0 Å². The Morgan fingerprint density at radius 3 is 2.13 bits per heavy atom. The predicted molar refractivity (Wildman–Crippen MR) is 76.8 cm³/mol. The number of carbonyl (C=O) groups is 2. The lowest BCUT2D eigenvalue weighted by atomic mass is 9.81. The molecular formula is C16H13ClF3NO2. The van der Waals surface area contributed by atoms with Gasteiger partial charge in [0.25, 0.3) is 0 Å². The highest BCUT2D eigenvalue weighted by molar-refractivity contribution is 6.36. The van der Waals surface area contributed by atoms with Gasteiger partial charge in [-0.05, 0) is 49.3 Å². The molecule has 2 bridgehead atoms. The van der Waals surface area contributed by atoms with Crippen LogP contribution in [0.1, 0.15) is 24.8 Å². The Kier molecular flexibility index (Phi) is 3.08. The van der Waals surface area contributed by atoms with Gasteiger partial charge < -0.3 is 0 Å². The summed E-state index contributed by atoms with van der Waals surface area (Å²) in [6.07, 6.45) is -1.86. The van der Waals surface area contributed by atoms with Crippen LogP contribution in [-0.2, 0) is 15.8 Å². The Hall–Kier alpha value is -1.56. The molecule has 3 fully saturated rings. The van der Waals surface area contributed by atoms with E-state index in [1.807, 2.05) is 0 Å². The second-order valence-electron chi connectivity index (χ2n) is 6.56. The molecule has 0 unspecified atom stereocenters. The lowest BCUT2D eigenvalue weighted by Crippen LogP contribution is -2.33. The van der Waals surface area contributed by atoms with E-state index in [0.29, 0.717) is 0 Å². The molecule has 4 rings (SSSR count). The number of anilines is 1. The van der Waals surface area contributed by atoms with E-state index >= 15 is 0 Å². The largest absolute Gasteiger partial charge is 0.416 e. The molecule has 0 radical (unpaired) electrons. The van der Waals surface area contributed by atoms with Gasteiger partial charge in [-0.15, -0.1) is 0 Å². The van der Waals surface area contributed by atoms with Crippen LogP contribution >= 0.6 is 11.6 Å². The molecule has 3 nitrogen and oxygen atoms in total. The highest BCUT2D eigenvalue weighted by Crippen LogP contribution is 2.57. The molecule has 0 spiro atoms.